The van der Waals surface area contributed by atoms with E-state index < -0.39 is 0 Å². The lowest BCUT2D eigenvalue weighted by Gasteiger charge is -2.02. The van der Waals surface area contributed by atoms with Gasteiger partial charge in [-0.1, -0.05) is 0 Å². The molecule has 0 aliphatic carbocycles. The molecule has 14 heavy (non-hydrogen) atoms. The minimum Gasteiger partial charge on any atom is -0.352 e. The first-order valence-corrected chi connectivity index (χ1v) is 5.92. The van der Waals surface area contributed by atoms with Crippen molar-refractivity contribution in [2.24, 2.45) is 0 Å². The smallest absolute Gasteiger partial charge is 0.254 e. The van der Waals surface area contributed by atoms with Crippen LogP contribution >= 0.6 is 11.8 Å². The van der Waals surface area contributed by atoms with E-state index in [0.717, 1.165) is 24.4 Å². The predicted molar refractivity (Wildman–Crippen MR) is 58.7 cm³/mol. The van der Waals surface area contributed by atoms with Crippen molar-refractivity contribution in [3.63, 3.8) is 0 Å². The van der Waals surface area contributed by atoms with Crippen molar-refractivity contribution < 1.29 is 4.79 Å². The van der Waals surface area contributed by atoms with Crippen molar-refractivity contribution >= 4 is 17.7 Å². The average Bonchev–Trinajstić information content (AvgIpc) is 2.59. The maximum atomic E-state index is 11.5. The first kappa shape index (κ1) is 11.1. The molecule has 0 saturated carbocycles. The molecule has 5 heteroatoms. The second-order valence-electron chi connectivity index (χ2n) is 3.01. The molecule has 0 atom stereocenters. The van der Waals surface area contributed by atoms with E-state index in [1.807, 2.05) is 6.92 Å². The zero-order chi connectivity index (χ0) is 10.4. The normalized spacial score (nSPS) is 10.1. The van der Waals surface area contributed by atoms with Crippen LogP contribution in [-0.4, -0.2) is 34.7 Å². The number of rotatable bonds is 5. The highest BCUT2D eigenvalue weighted by Crippen LogP contribution is 2.01. The van der Waals surface area contributed by atoms with E-state index in [4.69, 9.17) is 0 Å². The number of aromatic amines is 1. The Morgan fingerprint density at radius 3 is 3.07 bits per heavy atom. The lowest BCUT2D eigenvalue weighted by Crippen LogP contribution is -2.25. The molecule has 0 aromatic carbocycles. The standard InChI is InChI=1S/C9H15N3OS/c1-7-8(6-11-12-7)9(13)10-4-3-5-14-2/h6H,3-5H2,1-2H3,(H,10,13)(H,11,12). The second kappa shape index (κ2) is 5.70. The van der Waals surface area contributed by atoms with Gasteiger partial charge in [-0.15, -0.1) is 0 Å². The number of nitrogens with zero attached hydrogens (tertiary/aromatic N) is 1. The zero-order valence-corrected chi connectivity index (χ0v) is 9.28. The Hall–Kier alpha value is -0.970. The van der Waals surface area contributed by atoms with E-state index in [2.05, 4.69) is 21.8 Å². The molecule has 0 bridgehead atoms. The summed E-state index contributed by atoms with van der Waals surface area (Å²) in [6, 6.07) is 0. The van der Waals surface area contributed by atoms with Crippen LogP contribution < -0.4 is 5.32 Å². The number of hydrogen-bond donors (Lipinski definition) is 2. The van der Waals surface area contributed by atoms with Crippen molar-refractivity contribution in [2.75, 3.05) is 18.6 Å². The molecule has 0 radical (unpaired) electrons. The third kappa shape index (κ3) is 3.06. The molecule has 0 fully saturated rings. The van der Waals surface area contributed by atoms with Crippen LogP contribution in [0.1, 0.15) is 22.5 Å². The van der Waals surface area contributed by atoms with Crippen LogP contribution in [-0.2, 0) is 0 Å². The van der Waals surface area contributed by atoms with Crippen molar-refractivity contribution in [1.82, 2.24) is 15.5 Å². The number of carbonyl (C=O) groups is 1. The Morgan fingerprint density at radius 2 is 2.50 bits per heavy atom. The fourth-order valence-corrected chi connectivity index (χ4v) is 1.53. The monoisotopic (exact) mass is 213 g/mol. The van der Waals surface area contributed by atoms with Gasteiger partial charge in [0.25, 0.3) is 5.91 Å². The molecule has 0 aliphatic rings. The largest absolute Gasteiger partial charge is 0.352 e. The minimum atomic E-state index is -0.0441. The highest BCUT2D eigenvalue weighted by atomic mass is 32.2. The molecule has 2 N–H and O–H groups in total. The Morgan fingerprint density at radius 1 is 1.71 bits per heavy atom. The molecular weight excluding hydrogens is 198 g/mol. The quantitative estimate of drug-likeness (QED) is 0.723. The molecule has 0 unspecified atom stereocenters. The van der Waals surface area contributed by atoms with E-state index >= 15 is 0 Å². The summed E-state index contributed by atoms with van der Waals surface area (Å²) in [5.74, 6) is 1.03. The van der Waals surface area contributed by atoms with Crippen molar-refractivity contribution in [1.29, 1.82) is 0 Å². The van der Waals surface area contributed by atoms with Gasteiger partial charge >= 0.3 is 0 Å². The number of H-pyrrole nitrogens is 1. The SMILES string of the molecule is CSCCCNC(=O)c1cn[nH]c1C. The van der Waals surface area contributed by atoms with Crippen molar-refractivity contribution in [3.05, 3.63) is 17.5 Å². The molecule has 1 amide bonds. The molecule has 0 spiro atoms. The number of amides is 1. The van der Waals surface area contributed by atoms with Crippen LogP contribution in [0.25, 0.3) is 0 Å². The second-order valence-corrected chi connectivity index (χ2v) is 4.00. The molecule has 1 heterocycles. The summed E-state index contributed by atoms with van der Waals surface area (Å²) in [6.45, 7) is 2.56. The predicted octanol–water partition coefficient (Wildman–Crippen LogP) is 1.20. The molecule has 1 aromatic heterocycles. The maximum absolute atomic E-state index is 11.5. The van der Waals surface area contributed by atoms with E-state index in [1.165, 1.54) is 0 Å². The molecule has 0 aliphatic heterocycles. The van der Waals surface area contributed by atoms with Gasteiger partial charge in [0, 0.05) is 12.2 Å². The number of nitrogens with one attached hydrogen (secondary N) is 2. The molecular formula is C9H15N3OS. The van der Waals surface area contributed by atoms with Gasteiger partial charge in [0.2, 0.25) is 0 Å². The van der Waals surface area contributed by atoms with Crippen LogP contribution in [0, 0.1) is 6.92 Å². The number of carbonyl (C=O) groups excluding carboxylic acids is 1. The van der Waals surface area contributed by atoms with Gasteiger partial charge in [0.05, 0.1) is 11.8 Å². The van der Waals surface area contributed by atoms with Gasteiger partial charge in [0.1, 0.15) is 0 Å². The van der Waals surface area contributed by atoms with Gasteiger partial charge < -0.3 is 5.32 Å². The molecule has 1 rings (SSSR count). The minimum absolute atomic E-state index is 0.0441. The summed E-state index contributed by atoms with van der Waals surface area (Å²) in [4.78, 5) is 11.5. The lowest BCUT2D eigenvalue weighted by molar-refractivity contribution is 0.0953. The van der Waals surface area contributed by atoms with Crippen molar-refractivity contribution in [2.45, 2.75) is 13.3 Å². The van der Waals surface area contributed by atoms with E-state index in [1.54, 1.807) is 18.0 Å². The maximum Gasteiger partial charge on any atom is 0.254 e. The van der Waals surface area contributed by atoms with Crippen LogP contribution in [0.3, 0.4) is 0 Å². The van der Waals surface area contributed by atoms with E-state index in [9.17, 15) is 4.79 Å². The molecule has 1 aromatic rings. The zero-order valence-electron chi connectivity index (χ0n) is 8.46. The van der Waals surface area contributed by atoms with Crippen LogP contribution in [0.2, 0.25) is 0 Å². The Balaban J connectivity index is 2.32. The highest BCUT2D eigenvalue weighted by Gasteiger charge is 2.08. The van der Waals surface area contributed by atoms with Gasteiger partial charge in [0.15, 0.2) is 0 Å². The third-order valence-electron chi connectivity index (χ3n) is 1.89. The number of thioether (sulfide) groups is 1. The van der Waals surface area contributed by atoms with Crippen LogP contribution in [0.15, 0.2) is 6.20 Å². The first-order chi connectivity index (χ1) is 6.75. The van der Waals surface area contributed by atoms with E-state index in [-0.39, 0.29) is 5.91 Å². The molecule has 4 nitrogen and oxygen atoms in total. The fraction of sp³-hybridized carbons (Fsp3) is 0.556. The van der Waals surface area contributed by atoms with E-state index in [0.29, 0.717) is 5.56 Å². The summed E-state index contributed by atoms with van der Waals surface area (Å²) in [7, 11) is 0. The average molecular weight is 213 g/mol. The van der Waals surface area contributed by atoms with Crippen molar-refractivity contribution in [3.8, 4) is 0 Å². The summed E-state index contributed by atoms with van der Waals surface area (Å²) in [5.41, 5.74) is 1.45. The van der Waals surface area contributed by atoms with Gasteiger partial charge in [-0.2, -0.15) is 16.9 Å². The Kier molecular flexibility index (Phi) is 4.52. The molecule has 78 valence electrons. The van der Waals surface area contributed by atoms with Crippen LogP contribution in [0.5, 0.6) is 0 Å². The number of aromatic nitrogens is 2. The van der Waals surface area contributed by atoms with Gasteiger partial charge in [-0.05, 0) is 25.4 Å². The summed E-state index contributed by atoms with van der Waals surface area (Å²) < 4.78 is 0. The highest BCUT2D eigenvalue weighted by molar-refractivity contribution is 7.98. The fourth-order valence-electron chi connectivity index (χ4n) is 1.09. The topological polar surface area (TPSA) is 57.8 Å². The lowest BCUT2D eigenvalue weighted by atomic mass is 10.2. The Labute approximate surface area is 87.9 Å². The summed E-state index contributed by atoms with van der Waals surface area (Å²) in [5, 5.41) is 9.38. The van der Waals surface area contributed by atoms with Gasteiger partial charge in [-0.3, -0.25) is 9.89 Å². The Bertz CT molecular complexity index is 298. The molecule has 0 saturated heterocycles. The number of hydrogen-bond acceptors (Lipinski definition) is 3. The summed E-state index contributed by atoms with van der Waals surface area (Å²) >= 11 is 1.78. The summed E-state index contributed by atoms with van der Waals surface area (Å²) in [6.07, 6.45) is 4.62. The van der Waals surface area contributed by atoms with Crippen LogP contribution in [0.4, 0.5) is 0 Å². The number of aryl methyl sites for hydroxylation is 1. The van der Waals surface area contributed by atoms with Gasteiger partial charge in [-0.25, -0.2) is 0 Å². The first-order valence-electron chi connectivity index (χ1n) is 4.53. The third-order valence-corrected chi connectivity index (χ3v) is 2.58.